The average molecular weight is 219 g/mol. The van der Waals surface area contributed by atoms with Gasteiger partial charge >= 0.3 is 0 Å². The Kier molecular flexibility index (Phi) is 2.81. The number of H-pyrrole nitrogens is 1. The summed E-state index contributed by atoms with van der Waals surface area (Å²) in [5, 5.41) is 0. The first-order valence-corrected chi connectivity index (χ1v) is 5.04. The van der Waals surface area contributed by atoms with E-state index in [0.29, 0.717) is 17.9 Å². The number of aromatic amines is 1. The SMILES string of the molecule is CN(Cc1cc[nH]c1)c1cc(F)ccc1N. The van der Waals surface area contributed by atoms with E-state index in [1.54, 1.807) is 6.07 Å². The monoisotopic (exact) mass is 219 g/mol. The van der Waals surface area contributed by atoms with Gasteiger partial charge in [-0.25, -0.2) is 4.39 Å². The second-order valence-electron chi connectivity index (χ2n) is 3.78. The van der Waals surface area contributed by atoms with Crippen LogP contribution >= 0.6 is 0 Å². The van der Waals surface area contributed by atoms with Crippen LogP contribution in [0.3, 0.4) is 0 Å². The van der Waals surface area contributed by atoms with Crippen LogP contribution in [0.25, 0.3) is 0 Å². The first kappa shape index (κ1) is 10.5. The number of halogens is 1. The van der Waals surface area contributed by atoms with E-state index in [9.17, 15) is 4.39 Å². The fourth-order valence-corrected chi connectivity index (χ4v) is 1.66. The lowest BCUT2D eigenvalue weighted by Gasteiger charge is -2.20. The quantitative estimate of drug-likeness (QED) is 0.778. The Morgan fingerprint density at radius 1 is 1.38 bits per heavy atom. The van der Waals surface area contributed by atoms with Gasteiger partial charge in [0.25, 0.3) is 0 Å². The van der Waals surface area contributed by atoms with E-state index < -0.39 is 0 Å². The highest BCUT2D eigenvalue weighted by Crippen LogP contribution is 2.24. The Labute approximate surface area is 93.7 Å². The van der Waals surface area contributed by atoms with Gasteiger partial charge in [-0.05, 0) is 29.8 Å². The molecular formula is C12H14FN3. The first-order chi connectivity index (χ1) is 7.66. The molecule has 0 aliphatic carbocycles. The minimum atomic E-state index is -0.273. The summed E-state index contributed by atoms with van der Waals surface area (Å²) in [5.74, 6) is -0.273. The molecule has 3 N–H and O–H groups in total. The van der Waals surface area contributed by atoms with E-state index in [2.05, 4.69) is 4.98 Å². The third kappa shape index (κ3) is 2.16. The van der Waals surface area contributed by atoms with Gasteiger partial charge in [-0.15, -0.1) is 0 Å². The van der Waals surface area contributed by atoms with Crippen LogP contribution in [0.2, 0.25) is 0 Å². The molecule has 0 unspecified atom stereocenters. The van der Waals surface area contributed by atoms with Gasteiger partial charge in [0.05, 0.1) is 11.4 Å². The summed E-state index contributed by atoms with van der Waals surface area (Å²) in [6, 6.07) is 6.37. The van der Waals surface area contributed by atoms with Crippen molar-refractivity contribution in [2.45, 2.75) is 6.54 Å². The fraction of sp³-hybridized carbons (Fsp3) is 0.167. The number of benzene rings is 1. The maximum absolute atomic E-state index is 13.1. The molecule has 0 radical (unpaired) electrons. The standard InChI is InChI=1S/C12H14FN3/c1-16(8-9-4-5-15-7-9)12-6-10(13)2-3-11(12)14/h2-7,15H,8,14H2,1H3. The van der Waals surface area contributed by atoms with E-state index in [0.717, 1.165) is 5.56 Å². The van der Waals surface area contributed by atoms with Gasteiger partial charge in [-0.3, -0.25) is 0 Å². The van der Waals surface area contributed by atoms with Crippen LogP contribution in [-0.2, 0) is 6.54 Å². The summed E-state index contributed by atoms with van der Waals surface area (Å²) in [7, 11) is 1.89. The van der Waals surface area contributed by atoms with Crippen LogP contribution in [0.1, 0.15) is 5.56 Å². The molecule has 0 fully saturated rings. The molecule has 0 spiro atoms. The third-order valence-corrected chi connectivity index (χ3v) is 2.49. The number of nitrogens with two attached hydrogens (primary N) is 1. The molecule has 0 atom stereocenters. The molecule has 1 aromatic carbocycles. The number of nitrogen functional groups attached to an aromatic ring is 1. The predicted molar refractivity (Wildman–Crippen MR) is 63.7 cm³/mol. The van der Waals surface area contributed by atoms with Crippen molar-refractivity contribution < 1.29 is 4.39 Å². The van der Waals surface area contributed by atoms with Crippen LogP contribution in [0.4, 0.5) is 15.8 Å². The van der Waals surface area contributed by atoms with E-state index >= 15 is 0 Å². The Hall–Kier alpha value is -1.97. The molecule has 1 heterocycles. The Morgan fingerprint density at radius 3 is 2.88 bits per heavy atom. The van der Waals surface area contributed by atoms with Crippen molar-refractivity contribution in [1.29, 1.82) is 0 Å². The second kappa shape index (κ2) is 4.26. The van der Waals surface area contributed by atoms with Crippen molar-refractivity contribution in [3.63, 3.8) is 0 Å². The van der Waals surface area contributed by atoms with Crippen LogP contribution in [0.5, 0.6) is 0 Å². The summed E-state index contributed by atoms with van der Waals surface area (Å²) < 4.78 is 13.1. The molecule has 0 saturated carbocycles. The molecule has 84 valence electrons. The average Bonchev–Trinajstić information content (AvgIpc) is 2.74. The number of hydrogen-bond donors (Lipinski definition) is 2. The van der Waals surface area contributed by atoms with Gasteiger partial charge in [-0.1, -0.05) is 0 Å². The summed E-state index contributed by atoms with van der Waals surface area (Å²) in [6.45, 7) is 0.692. The van der Waals surface area contributed by atoms with E-state index in [4.69, 9.17) is 5.73 Å². The molecule has 0 bridgehead atoms. The van der Waals surface area contributed by atoms with Gasteiger partial charge < -0.3 is 15.6 Å². The highest BCUT2D eigenvalue weighted by atomic mass is 19.1. The second-order valence-corrected chi connectivity index (χ2v) is 3.78. The van der Waals surface area contributed by atoms with Crippen LogP contribution in [0, 0.1) is 5.82 Å². The number of rotatable bonds is 3. The molecule has 0 aliphatic rings. The van der Waals surface area contributed by atoms with E-state index in [1.165, 1.54) is 12.1 Å². The van der Waals surface area contributed by atoms with Crippen molar-refractivity contribution in [3.05, 3.63) is 48.0 Å². The maximum Gasteiger partial charge on any atom is 0.125 e. The number of hydrogen-bond acceptors (Lipinski definition) is 2. The van der Waals surface area contributed by atoms with Gasteiger partial charge in [0.15, 0.2) is 0 Å². The molecule has 3 nitrogen and oxygen atoms in total. The molecule has 16 heavy (non-hydrogen) atoms. The predicted octanol–water partition coefficient (Wildman–Crippen LogP) is 2.37. The van der Waals surface area contributed by atoms with Gasteiger partial charge in [-0.2, -0.15) is 0 Å². The summed E-state index contributed by atoms with van der Waals surface area (Å²) in [5.41, 5.74) is 8.23. The lowest BCUT2D eigenvalue weighted by molar-refractivity contribution is 0.627. The molecule has 2 rings (SSSR count). The highest BCUT2D eigenvalue weighted by Gasteiger charge is 2.07. The largest absolute Gasteiger partial charge is 0.397 e. The van der Waals surface area contributed by atoms with E-state index in [1.807, 2.05) is 30.4 Å². The molecule has 0 amide bonds. The van der Waals surface area contributed by atoms with Crippen LogP contribution in [0.15, 0.2) is 36.7 Å². The zero-order chi connectivity index (χ0) is 11.5. The minimum absolute atomic E-state index is 0.273. The van der Waals surface area contributed by atoms with Crippen molar-refractivity contribution in [2.24, 2.45) is 0 Å². The topological polar surface area (TPSA) is 45.0 Å². The lowest BCUT2D eigenvalue weighted by atomic mass is 10.2. The summed E-state index contributed by atoms with van der Waals surface area (Å²) in [4.78, 5) is 4.90. The zero-order valence-corrected chi connectivity index (χ0v) is 9.07. The Morgan fingerprint density at radius 2 is 2.19 bits per heavy atom. The molecule has 2 aromatic rings. The van der Waals surface area contributed by atoms with Crippen molar-refractivity contribution >= 4 is 11.4 Å². The smallest absolute Gasteiger partial charge is 0.125 e. The maximum atomic E-state index is 13.1. The highest BCUT2D eigenvalue weighted by molar-refractivity contribution is 5.67. The van der Waals surface area contributed by atoms with Gasteiger partial charge in [0.1, 0.15) is 5.82 Å². The van der Waals surface area contributed by atoms with Crippen LogP contribution in [-0.4, -0.2) is 12.0 Å². The number of nitrogens with one attached hydrogen (secondary N) is 1. The van der Waals surface area contributed by atoms with E-state index in [-0.39, 0.29) is 5.82 Å². The molecule has 1 aromatic heterocycles. The molecule has 0 aliphatic heterocycles. The fourth-order valence-electron chi connectivity index (χ4n) is 1.66. The first-order valence-electron chi connectivity index (χ1n) is 5.04. The Bertz CT molecular complexity index is 465. The summed E-state index contributed by atoms with van der Waals surface area (Å²) >= 11 is 0. The number of anilines is 2. The number of aromatic nitrogens is 1. The lowest BCUT2D eigenvalue weighted by Crippen LogP contribution is -2.17. The van der Waals surface area contributed by atoms with Crippen molar-refractivity contribution in [1.82, 2.24) is 4.98 Å². The van der Waals surface area contributed by atoms with Crippen molar-refractivity contribution in [3.8, 4) is 0 Å². The normalized spacial score (nSPS) is 10.4. The van der Waals surface area contributed by atoms with Crippen molar-refractivity contribution in [2.75, 3.05) is 17.7 Å². The minimum Gasteiger partial charge on any atom is -0.397 e. The summed E-state index contributed by atoms with van der Waals surface area (Å²) in [6.07, 6.45) is 3.77. The third-order valence-electron chi connectivity index (χ3n) is 2.49. The van der Waals surface area contributed by atoms with Crippen LogP contribution < -0.4 is 10.6 Å². The Balaban J connectivity index is 2.20. The zero-order valence-electron chi connectivity index (χ0n) is 9.07. The van der Waals surface area contributed by atoms with Gasteiger partial charge in [0, 0.05) is 26.0 Å². The van der Waals surface area contributed by atoms with Gasteiger partial charge in [0.2, 0.25) is 0 Å². The molecular weight excluding hydrogens is 205 g/mol. The molecule has 4 heteroatoms. The molecule has 0 saturated heterocycles. The number of nitrogens with zero attached hydrogens (tertiary/aromatic N) is 1.